The van der Waals surface area contributed by atoms with Crippen LogP contribution in [0.5, 0.6) is 0 Å². The average molecular weight is 363 g/mol. The molecule has 0 saturated carbocycles. The van der Waals surface area contributed by atoms with Crippen LogP contribution < -0.4 is 10.0 Å². The van der Waals surface area contributed by atoms with Gasteiger partial charge in [0.2, 0.25) is 0 Å². The number of amides is 2. The molecule has 0 atom stereocenters. The monoisotopic (exact) mass is 362 g/mol. The van der Waals surface area contributed by atoms with Crippen molar-refractivity contribution < 1.29 is 23.1 Å². The average Bonchev–Trinajstić information content (AvgIpc) is 2.35. The summed E-state index contributed by atoms with van der Waals surface area (Å²) in [5.74, 6) is -1.28. The third-order valence-corrected chi connectivity index (χ3v) is 3.44. The lowest BCUT2D eigenvalue weighted by Crippen LogP contribution is -2.40. The molecule has 1 aromatic carbocycles. The predicted octanol–water partition coefficient (Wildman–Crippen LogP) is 1.13. The fraction of sp³-hybridized carbons (Fsp3) is 0.0909. The fourth-order valence-electron chi connectivity index (χ4n) is 1.10. The van der Waals surface area contributed by atoms with Gasteiger partial charge in [-0.3, -0.25) is 4.79 Å². The number of urea groups is 1. The molecule has 7 nitrogen and oxygen atoms in total. The van der Waals surface area contributed by atoms with Gasteiger partial charge in [0.15, 0.2) is 0 Å². The molecule has 108 valence electrons. The zero-order chi connectivity index (χ0) is 15.2. The first-order chi connectivity index (χ1) is 9.28. The van der Waals surface area contributed by atoms with E-state index in [0.29, 0.717) is 5.56 Å². The van der Waals surface area contributed by atoms with Gasteiger partial charge < -0.3 is 10.4 Å². The van der Waals surface area contributed by atoms with E-state index in [-0.39, 0.29) is 0 Å². The smallest absolute Gasteiger partial charge is 0.329 e. The molecular weight excluding hydrogens is 352 g/mol. The summed E-state index contributed by atoms with van der Waals surface area (Å²) >= 11 is 3.24. The molecule has 0 aliphatic heterocycles. The van der Waals surface area contributed by atoms with E-state index in [1.165, 1.54) is 6.08 Å². The first kappa shape index (κ1) is 16.2. The van der Waals surface area contributed by atoms with E-state index in [2.05, 4.69) is 15.9 Å². The Morgan fingerprint density at radius 1 is 1.25 bits per heavy atom. The summed E-state index contributed by atoms with van der Waals surface area (Å²) in [4.78, 5) is 21.3. The van der Waals surface area contributed by atoms with Crippen LogP contribution in [0.4, 0.5) is 4.79 Å². The summed E-state index contributed by atoms with van der Waals surface area (Å²) in [6, 6.07) is 5.73. The summed E-state index contributed by atoms with van der Waals surface area (Å²) in [5.41, 5.74) is 0.629. The number of carboxylic acid groups (broad SMARTS) is 1. The first-order valence-corrected chi connectivity index (χ1v) is 7.58. The van der Waals surface area contributed by atoms with Crippen LogP contribution in [0.25, 0.3) is 6.08 Å². The molecule has 1 rings (SSSR count). The molecule has 0 spiro atoms. The molecule has 20 heavy (non-hydrogen) atoms. The second-order valence-electron chi connectivity index (χ2n) is 3.58. The number of carbonyl (C=O) groups is 2. The second kappa shape index (κ2) is 7.06. The van der Waals surface area contributed by atoms with Crippen molar-refractivity contribution in [3.8, 4) is 0 Å². The van der Waals surface area contributed by atoms with Crippen LogP contribution in [0, 0.1) is 0 Å². The normalized spacial score (nSPS) is 11.2. The van der Waals surface area contributed by atoms with E-state index in [4.69, 9.17) is 5.11 Å². The number of aliphatic carboxylic acids is 1. The van der Waals surface area contributed by atoms with Gasteiger partial charge in [0, 0.05) is 4.47 Å². The Hall–Kier alpha value is -1.87. The molecule has 0 aromatic heterocycles. The van der Waals surface area contributed by atoms with Gasteiger partial charge in [-0.25, -0.2) is 17.9 Å². The number of rotatable bonds is 5. The molecular formula is C11H11BrN2O5S. The van der Waals surface area contributed by atoms with Gasteiger partial charge in [-0.05, 0) is 23.8 Å². The lowest BCUT2D eigenvalue weighted by atomic mass is 10.2. The molecule has 0 bridgehead atoms. The number of hydrogen-bond acceptors (Lipinski definition) is 4. The first-order valence-electron chi connectivity index (χ1n) is 5.24. The fourth-order valence-corrected chi connectivity index (χ4v) is 2.10. The molecule has 2 amide bonds. The summed E-state index contributed by atoms with van der Waals surface area (Å²) in [5, 5.41) is 11.0. The van der Waals surface area contributed by atoms with E-state index in [9.17, 15) is 18.0 Å². The van der Waals surface area contributed by atoms with Gasteiger partial charge in [0.1, 0.15) is 6.54 Å². The van der Waals surface area contributed by atoms with E-state index in [1.54, 1.807) is 29.0 Å². The predicted molar refractivity (Wildman–Crippen MR) is 76.3 cm³/mol. The van der Waals surface area contributed by atoms with Crippen LogP contribution in [0.3, 0.4) is 0 Å². The maximum atomic E-state index is 11.5. The van der Waals surface area contributed by atoms with Crippen molar-refractivity contribution in [3.63, 3.8) is 0 Å². The lowest BCUT2D eigenvalue weighted by molar-refractivity contribution is -0.135. The highest BCUT2D eigenvalue weighted by Crippen LogP contribution is 2.11. The Bertz CT molecular complexity index is 625. The molecule has 0 aliphatic carbocycles. The Labute approximate surface area is 123 Å². The van der Waals surface area contributed by atoms with Crippen molar-refractivity contribution in [1.29, 1.82) is 0 Å². The standard InChI is InChI=1S/C11H11BrN2O5S/c12-9-3-1-8(2-4-9)5-6-20(18,19)14-11(17)13-7-10(15)16/h1-6H,7H2,(H,15,16)(H2,13,14,17). The van der Waals surface area contributed by atoms with Crippen LogP contribution in [0.2, 0.25) is 0 Å². The number of sulfonamides is 1. The minimum absolute atomic E-state index is 0.629. The molecule has 0 fully saturated rings. The van der Waals surface area contributed by atoms with Gasteiger partial charge in [-0.15, -0.1) is 0 Å². The molecule has 0 aliphatic rings. The molecule has 0 heterocycles. The Morgan fingerprint density at radius 2 is 1.85 bits per heavy atom. The van der Waals surface area contributed by atoms with Gasteiger partial charge >= 0.3 is 12.0 Å². The summed E-state index contributed by atoms with van der Waals surface area (Å²) in [6.45, 7) is -0.669. The Morgan fingerprint density at radius 3 is 2.40 bits per heavy atom. The van der Waals surface area contributed by atoms with Crippen molar-refractivity contribution in [1.82, 2.24) is 10.0 Å². The van der Waals surface area contributed by atoms with Crippen molar-refractivity contribution in [2.45, 2.75) is 0 Å². The molecule has 1 aromatic rings. The lowest BCUT2D eigenvalue weighted by Gasteiger charge is -2.03. The largest absolute Gasteiger partial charge is 0.480 e. The highest BCUT2D eigenvalue weighted by atomic mass is 79.9. The van der Waals surface area contributed by atoms with Gasteiger partial charge in [-0.2, -0.15) is 0 Å². The zero-order valence-corrected chi connectivity index (χ0v) is 12.4. The highest BCUT2D eigenvalue weighted by molar-refractivity contribution is 9.10. The Kier molecular flexibility index (Phi) is 5.71. The number of benzene rings is 1. The second-order valence-corrected chi connectivity index (χ2v) is 6.06. The third kappa shape index (κ3) is 6.34. The van der Waals surface area contributed by atoms with Gasteiger partial charge in [0.05, 0.1) is 5.41 Å². The van der Waals surface area contributed by atoms with E-state index in [0.717, 1.165) is 9.88 Å². The number of carbonyl (C=O) groups excluding carboxylic acids is 1. The quantitative estimate of drug-likeness (QED) is 0.726. The van der Waals surface area contributed by atoms with E-state index in [1.807, 2.05) is 5.32 Å². The highest BCUT2D eigenvalue weighted by Gasteiger charge is 2.11. The van der Waals surface area contributed by atoms with E-state index < -0.39 is 28.6 Å². The topological polar surface area (TPSA) is 113 Å². The van der Waals surface area contributed by atoms with E-state index >= 15 is 0 Å². The summed E-state index contributed by atoms with van der Waals surface area (Å²) < 4.78 is 25.5. The van der Waals surface area contributed by atoms with Crippen molar-refractivity contribution >= 4 is 44.0 Å². The molecule has 0 unspecified atom stereocenters. The van der Waals surface area contributed by atoms with Crippen molar-refractivity contribution in [2.24, 2.45) is 0 Å². The maximum absolute atomic E-state index is 11.5. The maximum Gasteiger partial charge on any atom is 0.329 e. The summed E-state index contributed by atoms with van der Waals surface area (Å²) in [7, 11) is -3.98. The van der Waals surface area contributed by atoms with Crippen LogP contribution in [0.1, 0.15) is 5.56 Å². The SMILES string of the molecule is O=C(O)CNC(=O)NS(=O)(=O)C=Cc1ccc(Br)cc1. The molecule has 0 radical (unpaired) electrons. The third-order valence-electron chi connectivity index (χ3n) is 1.94. The number of hydrogen-bond donors (Lipinski definition) is 3. The van der Waals surface area contributed by atoms with Crippen LogP contribution in [-0.2, 0) is 14.8 Å². The van der Waals surface area contributed by atoms with Gasteiger partial charge in [-0.1, -0.05) is 28.1 Å². The zero-order valence-electron chi connectivity index (χ0n) is 10.0. The number of carboxylic acids is 1. The van der Waals surface area contributed by atoms with Crippen LogP contribution in [-0.4, -0.2) is 32.1 Å². The molecule has 0 saturated heterocycles. The number of halogens is 1. The Balaban J connectivity index is 2.63. The van der Waals surface area contributed by atoms with Crippen LogP contribution >= 0.6 is 15.9 Å². The number of nitrogens with one attached hydrogen (secondary N) is 2. The van der Waals surface area contributed by atoms with Crippen molar-refractivity contribution in [3.05, 3.63) is 39.7 Å². The van der Waals surface area contributed by atoms with Crippen LogP contribution in [0.15, 0.2) is 34.1 Å². The summed E-state index contributed by atoms with van der Waals surface area (Å²) in [6.07, 6.45) is 1.30. The minimum atomic E-state index is -3.98. The minimum Gasteiger partial charge on any atom is -0.480 e. The molecule has 9 heteroatoms. The molecule has 3 N–H and O–H groups in total. The van der Waals surface area contributed by atoms with Crippen molar-refractivity contribution in [2.75, 3.05) is 6.54 Å². The van der Waals surface area contributed by atoms with Gasteiger partial charge in [0.25, 0.3) is 10.0 Å².